The Kier molecular flexibility index (Phi) is 5.63. The summed E-state index contributed by atoms with van der Waals surface area (Å²) in [5.74, 6) is -0.619. The van der Waals surface area contributed by atoms with Gasteiger partial charge in [-0.3, -0.25) is 0 Å². The number of hydrogen-bond donors (Lipinski definition) is 0. The number of aromatic nitrogens is 2. The van der Waals surface area contributed by atoms with Crippen molar-refractivity contribution in [3.63, 3.8) is 0 Å². The van der Waals surface area contributed by atoms with E-state index in [2.05, 4.69) is 21.8 Å². The molecule has 1 aromatic carbocycles. The van der Waals surface area contributed by atoms with Gasteiger partial charge in [-0.25, -0.2) is 18.7 Å². The summed E-state index contributed by atoms with van der Waals surface area (Å²) in [6, 6.07) is 5.06. The SMILES string of the molecule is CCCCN(CC)c1cc(Oc2ccc(F)c(F)c2)ncn1. The van der Waals surface area contributed by atoms with Gasteiger partial charge in [-0.15, -0.1) is 0 Å². The quantitative estimate of drug-likeness (QED) is 0.769. The Morgan fingerprint density at radius 3 is 2.59 bits per heavy atom. The highest BCUT2D eigenvalue weighted by Gasteiger charge is 2.09. The third-order valence-electron chi connectivity index (χ3n) is 3.23. The smallest absolute Gasteiger partial charge is 0.224 e. The minimum atomic E-state index is -0.954. The predicted molar refractivity (Wildman–Crippen MR) is 81.3 cm³/mol. The highest BCUT2D eigenvalue weighted by molar-refractivity contribution is 5.41. The number of hydrogen-bond acceptors (Lipinski definition) is 4. The second-order valence-corrected chi connectivity index (χ2v) is 4.83. The summed E-state index contributed by atoms with van der Waals surface area (Å²) in [5.41, 5.74) is 0. The molecule has 0 saturated heterocycles. The van der Waals surface area contributed by atoms with Gasteiger partial charge in [0.1, 0.15) is 17.9 Å². The standard InChI is InChI=1S/C16H19F2N3O/c1-3-5-8-21(4-2)15-10-16(20-11-19-15)22-12-6-7-13(17)14(18)9-12/h6-7,9-11H,3-5,8H2,1-2H3. The lowest BCUT2D eigenvalue weighted by Gasteiger charge is -2.21. The van der Waals surface area contributed by atoms with Gasteiger partial charge in [-0.2, -0.15) is 0 Å². The zero-order chi connectivity index (χ0) is 15.9. The number of anilines is 1. The van der Waals surface area contributed by atoms with Crippen LogP contribution in [0.15, 0.2) is 30.6 Å². The molecule has 22 heavy (non-hydrogen) atoms. The summed E-state index contributed by atoms with van der Waals surface area (Å²) in [6.45, 7) is 5.90. The van der Waals surface area contributed by atoms with E-state index in [1.54, 1.807) is 6.07 Å². The zero-order valence-corrected chi connectivity index (χ0v) is 12.7. The molecular formula is C16H19F2N3O. The molecule has 0 amide bonds. The second kappa shape index (κ2) is 7.68. The molecule has 1 aromatic heterocycles. The molecular weight excluding hydrogens is 288 g/mol. The Morgan fingerprint density at radius 1 is 1.09 bits per heavy atom. The minimum absolute atomic E-state index is 0.195. The number of rotatable bonds is 7. The van der Waals surface area contributed by atoms with Crippen LogP contribution in [0.5, 0.6) is 11.6 Å². The zero-order valence-electron chi connectivity index (χ0n) is 12.7. The average Bonchev–Trinajstić information content (AvgIpc) is 2.52. The molecule has 0 aliphatic carbocycles. The molecule has 0 saturated carbocycles. The summed E-state index contributed by atoms with van der Waals surface area (Å²) in [7, 11) is 0. The van der Waals surface area contributed by atoms with Crippen molar-refractivity contribution in [1.82, 2.24) is 9.97 Å². The third kappa shape index (κ3) is 4.13. The van der Waals surface area contributed by atoms with Crippen LogP contribution in [0.2, 0.25) is 0 Å². The van der Waals surface area contributed by atoms with E-state index in [0.29, 0.717) is 5.88 Å². The highest BCUT2D eigenvalue weighted by atomic mass is 19.2. The Labute approximate surface area is 128 Å². The molecule has 0 aliphatic heterocycles. The number of nitrogens with zero attached hydrogens (tertiary/aromatic N) is 3. The van der Waals surface area contributed by atoms with Crippen molar-refractivity contribution >= 4 is 5.82 Å². The fraction of sp³-hybridized carbons (Fsp3) is 0.375. The summed E-state index contributed by atoms with van der Waals surface area (Å²) < 4.78 is 31.6. The van der Waals surface area contributed by atoms with Gasteiger partial charge in [0.2, 0.25) is 5.88 Å². The maximum absolute atomic E-state index is 13.2. The van der Waals surface area contributed by atoms with E-state index in [1.807, 2.05) is 6.92 Å². The van der Waals surface area contributed by atoms with E-state index >= 15 is 0 Å². The lowest BCUT2D eigenvalue weighted by atomic mass is 10.3. The summed E-state index contributed by atoms with van der Waals surface area (Å²) in [5, 5.41) is 0. The highest BCUT2D eigenvalue weighted by Crippen LogP contribution is 2.23. The summed E-state index contributed by atoms with van der Waals surface area (Å²) >= 11 is 0. The first-order chi connectivity index (χ1) is 10.6. The van der Waals surface area contributed by atoms with E-state index < -0.39 is 11.6 Å². The maximum Gasteiger partial charge on any atom is 0.224 e. The van der Waals surface area contributed by atoms with Crippen LogP contribution in [0, 0.1) is 11.6 Å². The van der Waals surface area contributed by atoms with Crippen LogP contribution in [0.4, 0.5) is 14.6 Å². The van der Waals surface area contributed by atoms with Crippen LogP contribution in [0.1, 0.15) is 26.7 Å². The first-order valence-corrected chi connectivity index (χ1v) is 7.34. The number of unbranched alkanes of at least 4 members (excludes halogenated alkanes) is 1. The molecule has 0 atom stereocenters. The maximum atomic E-state index is 13.2. The largest absolute Gasteiger partial charge is 0.439 e. The van der Waals surface area contributed by atoms with Crippen LogP contribution in [-0.2, 0) is 0 Å². The third-order valence-corrected chi connectivity index (χ3v) is 3.23. The average molecular weight is 307 g/mol. The molecule has 0 bridgehead atoms. The van der Waals surface area contributed by atoms with Gasteiger partial charge in [0.05, 0.1) is 0 Å². The van der Waals surface area contributed by atoms with Crippen LogP contribution in [0.25, 0.3) is 0 Å². The first-order valence-electron chi connectivity index (χ1n) is 7.34. The lowest BCUT2D eigenvalue weighted by molar-refractivity contribution is 0.446. The normalized spacial score (nSPS) is 10.5. The number of ether oxygens (including phenoxy) is 1. The van der Waals surface area contributed by atoms with Crippen molar-refractivity contribution in [2.45, 2.75) is 26.7 Å². The predicted octanol–water partition coefficient (Wildman–Crippen LogP) is 4.17. The van der Waals surface area contributed by atoms with Crippen molar-refractivity contribution in [2.75, 3.05) is 18.0 Å². The number of halogens is 2. The van der Waals surface area contributed by atoms with E-state index in [1.165, 1.54) is 12.4 Å². The summed E-state index contributed by atoms with van der Waals surface area (Å²) in [6.07, 6.45) is 3.57. The molecule has 4 nitrogen and oxygen atoms in total. The first kappa shape index (κ1) is 16.1. The lowest BCUT2D eigenvalue weighted by Crippen LogP contribution is -2.24. The van der Waals surface area contributed by atoms with Gasteiger partial charge in [0.25, 0.3) is 0 Å². The summed E-state index contributed by atoms with van der Waals surface area (Å²) in [4.78, 5) is 10.4. The molecule has 1 heterocycles. The van der Waals surface area contributed by atoms with Crippen molar-refractivity contribution in [1.29, 1.82) is 0 Å². The van der Waals surface area contributed by atoms with Gasteiger partial charge >= 0.3 is 0 Å². The Morgan fingerprint density at radius 2 is 1.91 bits per heavy atom. The number of benzene rings is 1. The van der Waals surface area contributed by atoms with Crippen molar-refractivity contribution in [3.05, 3.63) is 42.2 Å². The molecule has 6 heteroatoms. The van der Waals surface area contributed by atoms with Crippen molar-refractivity contribution in [3.8, 4) is 11.6 Å². The minimum Gasteiger partial charge on any atom is -0.439 e. The van der Waals surface area contributed by atoms with Crippen molar-refractivity contribution < 1.29 is 13.5 Å². The molecule has 0 aliphatic rings. The van der Waals surface area contributed by atoms with Gasteiger partial charge in [-0.1, -0.05) is 13.3 Å². The molecule has 0 unspecified atom stereocenters. The topological polar surface area (TPSA) is 38.2 Å². The van der Waals surface area contributed by atoms with Crippen LogP contribution < -0.4 is 9.64 Å². The Hall–Kier alpha value is -2.24. The molecule has 0 N–H and O–H groups in total. The van der Waals surface area contributed by atoms with Gasteiger partial charge in [0.15, 0.2) is 11.6 Å². The van der Waals surface area contributed by atoms with Crippen LogP contribution in [0.3, 0.4) is 0 Å². The van der Waals surface area contributed by atoms with Gasteiger partial charge in [-0.05, 0) is 25.5 Å². The fourth-order valence-electron chi connectivity index (χ4n) is 2.00. The van der Waals surface area contributed by atoms with Gasteiger partial charge < -0.3 is 9.64 Å². The molecule has 2 rings (SSSR count). The molecule has 2 aromatic rings. The Bertz CT molecular complexity index is 622. The van der Waals surface area contributed by atoms with E-state index in [9.17, 15) is 8.78 Å². The van der Waals surface area contributed by atoms with Crippen LogP contribution >= 0.6 is 0 Å². The van der Waals surface area contributed by atoms with Crippen LogP contribution in [-0.4, -0.2) is 23.1 Å². The molecule has 0 fully saturated rings. The Balaban J connectivity index is 2.14. The monoisotopic (exact) mass is 307 g/mol. The van der Waals surface area contributed by atoms with E-state index in [0.717, 1.165) is 43.9 Å². The molecule has 0 radical (unpaired) electrons. The molecule has 118 valence electrons. The van der Waals surface area contributed by atoms with E-state index in [-0.39, 0.29) is 5.75 Å². The second-order valence-electron chi connectivity index (χ2n) is 4.83. The fourth-order valence-corrected chi connectivity index (χ4v) is 2.00. The van der Waals surface area contributed by atoms with E-state index in [4.69, 9.17) is 4.74 Å². The van der Waals surface area contributed by atoms with Gasteiger partial charge in [0, 0.05) is 25.2 Å². The molecule has 0 spiro atoms. The van der Waals surface area contributed by atoms with Crippen molar-refractivity contribution in [2.24, 2.45) is 0 Å².